The molecule has 0 aliphatic carbocycles. The first-order valence-electron chi connectivity index (χ1n) is 6.48. The van der Waals surface area contributed by atoms with Crippen LogP contribution in [0.3, 0.4) is 0 Å². The van der Waals surface area contributed by atoms with Crippen LogP contribution in [0.1, 0.15) is 18.1 Å². The zero-order chi connectivity index (χ0) is 13.2. The molecular weight excluding hydrogens is 236 g/mol. The number of rotatable bonds is 3. The zero-order valence-corrected chi connectivity index (χ0v) is 10.9. The lowest BCUT2D eigenvalue weighted by molar-refractivity contribution is 0.281. The maximum absolute atomic E-state index is 9.14. The van der Waals surface area contributed by atoms with Crippen LogP contribution in [0, 0.1) is 0 Å². The number of benzene rings is 1. The third-order valence-corrected chi connectivity index (χ3v) is 3.35. The summed E-state index contributed by atoms with van der Waals surface area (Å²) in [5.41, 5.74) is 5.18. The van der Waals surface area contributed by atoms with Crippen molar-refractivity contribution in [3.8, 4) is 11.3 Å². The average molecular weight is 252 g/mol. The molecule has 0 atom stereocenters. The van der Waals surface area contributed by atoms with Crippen LogP contribution in [0.4, 0.5) is 0 Å². The van der Waals surface area contributed by atoms with Crippen LogP contribution in [-0.2, 0) is 13.0 Å². The average Bonchev–Trinajstić information content (AvgIpc) is 2.90. The number of aromatic nitrogens is 2. The Hall–Kier alpha value is -2.13. The largest absolute Gasteiger partial charge is 0.392 e. The topological polar surface area (TPSA) is 37.5 Å². The number of hydrogen-bond donors (Lipinski definition) is 1. The van der Waals surface area contributed by atoms with Crippen molar-refractivity contribution in [2.45, 2.75) is 20.0 Å². The highest BCUT2D eigenvalue weighted by atomic mass is 16.3. The molecule has 3 rings (SSSR count). The second kappa shape index (κ2) is 4.86. The highest BCUT2D eigenvalue weighted by Gasteiger charge is 2.04. The minimum absolute atomic E-state index is 0.0502. The van der Waals surface area contributed by atoms with Crippen molar-refractivity contribution in [3.63, 3.8) is 0 Å². The number of aliphatic hydroxyl groups is 1. The number of nitrogens with zero attached hydrogens (tertiary/aromatic N) is 2. The molecule has 0 radical (unpaired) electrons. The predicted molar refractivity (Wildman–Crippen MR) is 75.9 cm³/mol. The molecule has 0 bridgehead atoms. The lowest BCUT2D eigenvalue weighted by Gasteiger charge is -1.98. The van der Waals surface area contributed by atoms with Crippen LogP contribution in [0.2, 0.25) is 0 Å². The fourth-order valence-electron chi connectivity index (χ4n) is 2.18. The van der Waals surface area contributed by atoms with Crippen molar-refractivity contribution >= 4 is 5.65 Å². The number of imidazole rings is 1. The molecule has 0 aliphatic heterocycles. The third-order valence-electron chi connectivity index (χ3n) is 3.35. The first kappa shape index (κ1) is 11.9. The van der Waals surface area contributed by atoms with E-state index in [9.17, 15) is 0 Å². The summed E-state index contributed by atoms with van der Waals surface area (Å²) in [6.07, 6.45) is 4.95. The Bertz CT molecular complexity index is 698. The summed E-state index contributed by atoms with van der Waals surface area (Å²) < 4.78 is 1.95. The van der Waals surface area contributed by atoms with Gasteiger partial charge in [-0.1, -0.05) is 37.3 Å². The summed E-state index contributed by atoms with van der Waals surface area (Å²) >= 11 is 0. The molecule has 0 aliphatic rings. The van der Waals surface area contributed by atoms with Crippen molar-refractivity contribution in [2.75, 3.05) is 0 Å². The Labute approximate surface area is 112 Å². The summed E-state index contributed by atoms with van der Waals surface area (Å²) in [7, 11) is 0. The Morgan fingerprint density at radius 2 is 1.74 bits per heavy atom. The number of fused-ring (bicyclic) bond motifs is 1. The number of aliphatic hydroxyl groups excluding tert-OH is 1. The molecular formula is C16H16N2O. The van der Waals surface area contributed by atoms with E-state index in [4.69, 9.17) is 5.11 Å². The van der Waals surface area contributed by atoms with E-state index in [1.165, 1.54) is 5.56 Å². The Balaban J connectivity index is 2.04. The summed E-state index contributed by atoms with van der Waals surface area (Å²) in [6, 6.07) is 12.3. The smallest absolute Gasteiger partial charge is 0.137 e. The fraction of sp³-hybridized carbons (Fsp3) is 0.188. The van der Waals surface area contributed by atoms with E-state index in [-0.39, 0.29) is 6.61 Å². The molecule has 0 unspecified atom stereocenters. The maximum atomic E-state index is 9.14. The van der Waals surface area contributed by atoms with Crippen molar-refractivity contribution in [2.24, 2.45) is 0 Å². The Kier molecular flexibility index (Phi) is 3.05. The molecule has 3 aromatic rings. The summed E-state index contributed by atoms with van der Waals surface area (Å²) in [5, 5.41) is 9.14. The van der Waals surface area contributed by atoms with E-state index in [1.54, 1.807) is 0 Å². The molecule has 19 heavy (non-hydrogen) atoms. The van der Waals surface area contributed by atoms with E-state index >= 15 is 0 Å². The molecule has 1 aromatic carbocycles. The third kappa shape index (κ3) is 2.25. The van der Waals surface area contributed by atoms with Gasteiger partial charge in [-0.25, -0.2) is 4.98 Å². The molecule has 0 saturated carbocycles. The van der Waals surface area contributed by atoms with E-state index in [0.717, 1.165) is 28.9 Å². The van der Waals surface area contributed by atoms with Crippen LogP contribution >= 0.6 is 0 Å². The second-order valence-corrected chi connectivity index (χ2v) is 4.64. The molecule has 96 valence electrons. The van der Waals surface area contributed by atoms with Crippen LogP contribution in [0.15, 0.2) is 48.8 Å². The zero-order valence-electron chi connectivity index (χ0n) is 10.9. The van der Waals surface area contributed by atoms with Gasteiger partial charge in [-0.3, -0.25) is 0 Å². The van der Waals surface area contributed by atoms with E-state index < -0.39 is 0 Å². The first-order valence-corrected chi connectivity index (χ1v) is 6.48. The lowest BCUT2D eigenvalue weighted by atomic mass is 10.1. The van der Waals surface area contributed by atoms with Gasteiger partial charge in [0.2, 0.25) is 0 Å². The van der Waals surface area contributed by atoms with Gasteiger partial charge in [0.05, 0.1) is 12.3 Å². The van der Waals surface area contributed by atoms with E-state index in [2.05, 4.69) is 36.2 Å². The van der Waals surface area contributed by atoms with Crippen molar-refractivity contribution in [1.29, 1.82) is 0 Å². The Morgan fingerprint density at radius 3 is 2.42 bits per heavy atom. The van der Waals surface area contributed by atoms with Gasteiger partial charge in [0.15, 0.2) is 0 Å². The molecule has 2 heterocycles. The van der Waals surface area contributed by atoms with Gasteiger partial charge in [0, 0.05) is 18.0 Å². The molecule has 3 heteroatoms. The predicted octanol–water partition coefficient (Wildman–Crippen LogP) is 3.06. The van der Waals surface area contributed by atoms with Crippen LogP contribution in [0.25, 0.3) is 16.9 Å². The highest BCUT2D eigenvalue weighted by Crippen LogP contribution is 2.20. The van der Waals surface area contributed by atoms with Crippen LogP contribution in [0.5, 0.6) is 0 Å². The fourth-order valence-corrected chi connectivity index (χ4v) is 2.18. The van der Waals surface area contributed by atoms with Crippen molar-refractivity contribution in [1.82, 2.24) is 9.38 Å². The SMILES string of the molecule is CCc1ccc(-c2cn3cc(CO)ccc3n2)cc1. The standard InChI is InChI=1S/C16H16N2O/c1-2-12-3-6-14(7-4-12)15-10-18-9-13(11-19)5-8-16(18)17-15/h3-10,19H,2,11H2,1H3. The summed E-state index contributed by atoms with van der Waals surface area (Å²) in [4.78, 5) is 4.60. The van der Waals surface area contributed by atoms with Gasteiger partial charge in [-0.05, 0) is 23.6 Å². The molecule has 0 amide bonds. The van der Waals surface area contributed by atoms with Gasteiger partial charge in [0.1, 0.15) is 5.65 Å². The summed E-state index contributed by atoms with van der Waals surface area (Å²) in [6.45, 7) is 2.20. The van der Waals surface area contributed by atoms with Gasteiger partial charge in [-0.15, -0.1) is 0 Å². The normalized spacial score (nSPS) is 11.1. The highest BCUT2D eigenvalue weighted by molar-refractivity contribution is 5.63. The first-order chi connectivity index (χ1) is 9.30. The van der Waals surface area contributed by atoms with Gasteiger partial charge in [-0.2, -0.15) is 0 Å². The molecule has 0 fully saturated rings. The molecule has 0 spiro atoms. The van der Waals surface area contributed by atoms with Crippen LogP contribution in [-0.4, -0.2) is 14.5 Å². The maximum Gasteiger partial charge on any atom is 0.137 e. The molecule has 2 aromatic heterocycles. The quantitative estimate of drug-likeness (QED) is 0.778. The second-order valence-electron chi connectivity index (χ2n) is 4.64. The van der Waals surface area contributed by atoms with Crippen LogP contribution < -0.4 is 0 Å². The molecule has 1 N–H and O–H groups in total. The van der Waals surface area contributed by atoms with E-state index in [0.29, 0.717) is 0 Å². The van der Waals surface area contributed by atoms with Gasteiger partial charge >= 0.3 is 0 Å². The summed E-state index contributed by atoms with van der Waals surface area (Å²) in [5.74, 6) is 0. The van der Waals surface area contributed by atoms with Gasteiger partial charge in [0.25, 0.3) is 0 Å². The van der Waals surface area contributed by atoms with E-state index in [1.807, 2.05) is 28.9 Å². The molecule has 3 nitrogen and oxygen atoms in total. The number of pyridine rings is 1. The Morgan fingerprint density at radius 1 is 1.00 bits per heavy atom. The number of aryl methyl sites for hydroxylation is 1. The van der Waals surface area contributed by atoms with Crippen molar-refractivity contribution in [3.05, 3.63) is 59.9 Å². The monoisotopic (exact) mass is 252 g/mol. The molecule has 0 saturated heterocycles. The number of hydrogen-bond acceptors (Lipinski definition) is 2. The minimum atomic E-state index is 0.0502. The van der Waals surface area contributed by atoms with Crippen molar-refractivity contribution < 1.29 is 5.11 Å². The minimum Gasteiger partial charge on any atom is -0.392 e. The lowest BCUT2D eigenvalue weighted by Crippen LogP contribution is -1.88. The van der Waals surface area contributed by atoms with Gasteiger partial charge < -0.3 is 9.51 Å².